The number of ketones is 1. The first-order chi connectivity index (χ1) is 7.75. The van der Waals surface area contributed by atoms with Crippen LogP contribution in [0.15, 0.2) is 36.8 Å². The molecule has 2 rings (SSSR count). The minimum Gasteiger partial charge on any atom is -0.350 e. The van der Waals surface area contributed by atoms with E-state index in [4.69, 9.17) is 0 Å². The highest BCUT2D eigenvalue weighted by Gasteiger charge is 2.07. The lowest BCUT2D eigenvalue weighted by Crippen LogP contribution is -2.01. The van der Waals surface area contributed by atoms with Crippen LogP contribution in [0.4, 0.5) is 0 Å². The van der Waals surface area contributed by atoms with Crippen molar-refractivity contribution in [2.75, 3.05) is 0 Å². The minimum absolute atomic E-state index is 0.0850. The smallest absolute Gasteiger partial charge is 0.183 e. The number of H-pyrrole nitrogens is 1. The van der Waals surface area contributed by atoms with Crippen molar-refractivity contribution in [1.82, 2.24) is 9.97 Å². The first-order valence-electron chi connectivity index (χ1n) is 5.33. The number of aryl methyl sites for hydroxylation is 2. The van der Waals surface area contributed by atoms with E-state index in [-0.39, 0.29) is 5.78 Å². The van der Waals surface area contributed by atoms with Crippen LogP contribution in [0.5, 0.6) is 0 Å². The van der Waals surface area contributed by atoms with Gasteiger partial charge in [0.15, 0.2) is 5.78 Å². The summed E-state index contributed by atoms with van der Waals surface area (Å²) < 4.78 is 0. The summed E-state index contributed by atoms with van der Waals surface area (Å²) in [6, 6.07) is 8.25. The molecule has 0 spiro atoms. The van der Waals surface area contributed by atoms with Gasteiger partial charge in [-0.25, -0.2) is 4.98 Å². The van der Waals surface area contributed by atoms with Gasteiger partial charge in [-0.05, 0) is 18.9 Å². The second kappa shape index (κ2) is 4.75. The molecule has 1 N–H and O–H groups in total. The van der Waals surface area contributed by atoms with Crippen molar-refractivity contribution in [3.8, 4) is 0 Å². The highest BCUT2D eigenvalue weighted by Crippen LogP contribution is 2.08. The van der Waals surface area contributed by atoms with E-state index in [1.165, 1.54) is 17.5 Å². The Labute approximate surface area is 94.5 Å². The maximum atomic E-state index is 11.7. The summed E-state index contributed by atoms with van der Waals surface area (Å²) in [6.45, 7) is 2.05. The summed E-state index contributed by atoms with van der Waals surface area (Å²) in [5.41, 5.74) is 2.95. The predicted octanol–water partition coefficient (Wildman–Crippen LogP) is 2.53. The zero-order valence-electron chi connectivity index (χ0n) is 9.23. The summed E-state index contributed by atoms with van der Waals surface area (Å²) >= 11 is 0. The molecule has 0 bridgehead atoms. The SMILES string of the molecule is Cc1ccc(CCC(=O)c2c[nH]cn2)cc1. The first-order valence-corrected chi connectivity index (χ1v) is 5.33. The van der Waals surface area contributed by atoms with Gasteiger partial charge < -0.3 is 4.98 Å². The number of aromatic nitrogens is 2. The lowest BCUT2D eigenvalue weighted by Gasteiger charge is -2.00. The van der Waals surface area contributed by atoms with Gasteiger partial charge in [0, 0.05) is 12.6 Å². The second-order valence-electron chi connectivity index (χ2n) is 3.86. The van der Waals surface area contributed by atoms with E-state index in [9.17, 15) is 4.79 Å². The van der Waals surface area contributed by atoms with Gasteiger partial charge in [-0.3, -0.25) is 4.79 Å². The number of aromatic amines is 1. The molecule has 0 radical (unpaired) electrons. The Hall–Kier alpha value is -1.90. The molecule has 82 valence electrons. The Morgan fingerprint density at radius 1 is 1.31 bits per heavy atom. The molecule has 0 amide bonds. The molecular formula is C13H14N2O. The van der Waals surface area contributed by atoms with Gasteiger partial charge in [0.1, 0.15) is 5.69 Å². The fraction of sp³-hybridized carbons (Fsp3) is 0.231. The molecule has 3 nitrogen and oxygen atoms in total. The van der Waals surface area contributed by atoms with E-state index >= 15 is 0 Å². The number of rotatable bonds is 4. The Morgan fingerprint density at radius 2 is 2.06 bits per heavy atom. The summed E-state index contributed by atoms with van der Waals surface area (Å²) in [5.74, 6) is 0.0850. The van der Waals surface area contributed by atoms with Crippen molar-refractivity contribution in [2.45, 2.75) is 19.8 Å². The number of imidazole rings is 1. The zero-order valence-corrected chi connectivity index (χ0v) is 9.23. The molecule has 1 heterocycles. The van der Waals surface area contributed by atoms with E-state index < -0.39 is 0 Å². The van der Waals surface area contributed by atoms with Crippen LogP contribution in [0.25, 0.3) is 0 Å². The van der Waals surface area contributed by atoms with Crippen molar-refractivity contribution in [3.63, 3.8) is 0 Å². The molecule has 1 aromatic carbocycles. The van der Waals surface area contributed by atoms with Crippen molar-refractivity contribution in [1.29, 1.82) is 0 Å². The number of carbonyl (C=O) groups excluding carboxylic acids is 1. The number of nitrogens with one attached hydrogen (secondary N) is 1. The third-order valence-corrected chi connectivity index (χ3v) is 2.55. The van der Waals surface area contributed by atoms with E-state index in [0.29, 0.717) is 12.1 Å². The Kier molecular flexibility index (Phi) is 3.15. The van der Waals surface area contributed by atoms with Crippen LogP contribution in [-0.2, 0) is 6.42 Å². The predicted molar refractivity (Wildman–Crippen MR) is 62.4 cm³/mol. The molecule has 1 aromatic heterocycles. The minimum atomic E-state index is 0.0850. The largest absolute Gasteiger partial charge is 0.350 e. The van der Waals surface area contributed by atoms with Gasteiger partial charge in [-0.1, -0.05) is 29.8 Å². The average Bonchev–Trinajstić information content (AvgIpc) is 2.81. The molecule has 0 unspecified atom stereocenters. The Bertz CT molecular complexity index is 457. The highest BCUT2D eigenvalue weighted by molar-refractivity contribution is 5.94. The van der Waals surface area contributed by atoms with Gasteiger partial charge in [0.2, 0.25) is 0 Å². The molecule has 0 atom stereocenters. The number of Topliss-reactive ketones (excluding diaryl/α,β-unsaturated/α-hetero) is 1. The van der Waals surface area contributed by atoms with Gasteiger partial charge in [0.05, 0.1) is 6.33 Å². The fourth-order valence-corrected chi connectivity index (χ4v) is 1.55. The summed E-state index contributed by atoms with van der Waals surface area (Å²) in [4.78, 5) is 18.4. The number of nitrogens with zero attached hydrogens (tertiary/aromatic N) is 1. The van der Waals surface area contributed by atoms with E-state index in [1.807, 2.05) is 0 Å². The van der Waals surface area contributed by atoms with Crippen molar-refractivity contribution >= 4 is 5.78 Å². The van der Waals surface area contributed by atoms with Crippen LogP contribution >= 0.6 is 0 Å². The normalized spacial score (nSPS) is 10.3. The van der Waals surface area contributed by atoms with Gasteiger partial charge in [0.25, 0.3) is 0 Å². The molecule has 3 heteroatoms. The number of benzene rings is 1. The first kappa shape index (κ1) is 10.6. The third-order valence-electron chi connectivity index (χ3n) is 2.55. The van der Waals surface area contributed by atoms with Crippen LogP contribution in [0, 0.1) is 6.92 Å². The summed E-state index contributed by atoms with van der Waals surface area (Å²) in [7, 11) is 0. The Balaban J connectivity index is 1.93. The van der Waals surface area contributed by atoms with Gasteiger partial charge >= 0.3 is 0 Å². The summed E-state index contributed by atoms with van der Waals surface area (Å²) in [6.07, 6.45) is 4.44. The molecule has 0 aliphatic heterocycles. The molecule has 2 aromatic rings. The van der Waals surface area contributed by atoms with Crippen molar-refractivity contribution in [3.05, 3.63) is 53.6 Å². The monoisotopic (exact) mass is 214 g/mol. The number of carbonyl (C=O) groups is 1. The molecule has 16 heavy (non-hydrogen) atoms. The fourth-order valence-electron chi connectivity index (χ4n) is 1.55. The lowest BCUT2D eigenvalue weighted by molar-refractivity contribution is 0.0978. The molecule has 0 aliphatic carbocycles. The average molecular weight is 214 g/mol. The van der Waals surface area contributed by atoms with Crippen LogP contribution in [-0.4, -0.2) is 15.8 Å². The molecule has 0 fully saturated rings. The molecule has 0 saturated carbocycles. The van der Waals surface area contributed by atoms with Gasteiger partial charge in [-0.15, -0.1) is 0 Å². The quantitative estimate of drug-likeness (QED) is 0.795. The third kappa shape index (κ3) is 2.57. The lowest BCUT2D eigenvalue weighted by atomic mass is 10.1. The van der Waals surface area contributed by atoms with E-state index in [0.717, 1.165) is 6.42 Å². The molecule has 0 saturated heterocycles. The van der Waals surface area contributed by atoms with Crippen LogP contribution in [0.1, 0.15) is 28.0 Å². The maximum absolute atomic E-state index is 11.7. The molecular weight excluding hydrogens is 200 g/mol. The zero-order chi connectivity index (χ0) is 11.4. The van der Waals surface area contributed by atoms with Crippen molar-refractivity contribution in [2.24, 2.45) is 0 Å². The standard InChI is InChI=1S/C13H14N2O/c1-10-2-4-11(5-3-10)6-7-13(16)12-8-14-9-15-12/h2-5,8-9H,6-7H2,1H3,(H,14,15). The van der Waals surface area contributed by atoms with Crippen LogP contribution < -0.4 is 0 Å². The topological polar surface area (TPSA) is 45.8 Å². The maximum Gasteiger partial charge on any atom is 0.183 e. The van der Waals surface area contributed by atoms with E-state index in [2.05, 4.69) is 41.2 Å². The van der Waals surface area contributed by atoms with Crippen LogP contribution in [0.2, 0.25) is 0 Å². The Morgan fingerprint density at radius 3 is 2.69 bits per heavy atom. The second-order valence-corrected chi connectivity index (χ2v) is 3.86. The number of hydrogen-bond acceptors (Lipinski definition) is 2. The van der Waals surface area contributed by atoms with Gasteiger partial charge in [-0.2, -0.15) is 0 Å². The summed E-state index contributed by atoms with van der Waals surface area (Å²) in [5, 5.41) is 0. The van der Waals surface area contributed by atoms with Crippen LogP contribution in [0.3, 0.4) is 0 Å². The van der Waals surface area contributed by atoms with Crippen molar-refractivity contribution < 1.29 is 4.79 Å². The van der Waals surface area contributed by atoms with E-state index in [1.54, 1.807) is 6.20 Å². The number of hydrogen-bond donors (Lipinski definition) is 1. The highest BCUT2D eigenvalue weighted by atomic mass is 16.1. The molecule has 0 aliphatic rings.